The Morgan fingerprint density at radius 3 is 2.62 bits per heavy atom. The molecule has 0 aromatic heterocycles. The van der Waals surface area contributed by atoms with Gasteiger partial charge in [0.2, 0.25) is 0 Å². The van der Waals surface area contributed by atoms with Crippen LogP contribution in [0.2, 0.25) is 5.02 Å². The fourth-order valence-corrected chi connectivity index (χ4v) is 2.87. The van der Waals surface area contributed by atoms with E-state index in [1.54, 1.807) is 7.11 Å². The number of methoxy groups -OCH3 is 1. The van der Waals surface area contributed by atoms with Gasteiger partial charge < -0.3 is 10.5 Å². The SMILES string of the molecule is COc1c(Cl)cc(CN)cc1C1CCCC1. The fraction of sp³-hybridized carbons (Fsp3) is 0.538. The highest BCUT2D eigenvalue weighted by molar-refractivity contribution is 6.32. The lowest BCUT2D eigenvalue weighted by Gasteiger charge is -2.17. The first-order valence-electron chi connectivity index (χ1n) is 5.82. The second kappa shape index (κ2) is 5.07. The van der Waals surface area contributed by atoms with E-state index in [4.69, 9.17) is 22.1 Å². The van der Waals surface area contributed by atoms with Gasteiger partial charge in [0, 0.05) is 6.54 Å². The number of hydrogen-bond acceptors (Lipinski definition) is 2. The standard InChI is InChI=1S/C13H18ClNO/c1-16-13-11(10-4-2-3-5-10)6-9(8-15)7-12(13)14/h6-7,10H,2-5,8,15H2,1H3. The zero-order chi connectivity index (χ0) is 11.5. The normalized spacial score (nSPS) is 16.7. The quantitative estimate of drug-likeness (QED) is 0.877. The Morgan fingerprint density at radius 2 is 2.06 bits per heavy atom. The van der Waals surface area contributed by atoms with Crippen molar-refractivity contribution in [1.82, 2.24) is 0 Å². The molecule has 1 aromatic rings. The minimum Gasteiger partial charge on any atom is -0.495 e. The van der Waals surface area contributed by atoms with Crippen LogP contribution in [-0.4, -0.2) is 7.11 Å². The molecule has 0 spiro atoms. The molecule has 1 saturated carbocycles. The second-order valence-electron chi connectivity index (χ2n) is 4.39. The maximum absolute atomic E-state index is 6.21. The lowest BCUT2D eigenvalue weighted by molar-refractivity contribution is 0.405. The van der Waals surface area contributed by atoms with Crippen molar-refractivity contribution in [3.63, 3.8) is 0 Å². The first-order valence-corrected chi connectivity index (χ1v) is 6.20. The van der Waals surface area contributed by atoms with Crippen molar-refractivity contribution in [2.75, 3.05) is 7.11 Å². The fourth-order valence-electron chi connectivity index (χ4n) is 2.55. The van der Waals surface area contributed by atoms with Crippen molar-refractivity contribution in [2.45, 2.75) is 38.1 Å². The van der Waals surface area contributed by atoms with Crippen LogP contribution in [0.4, 0.5) is 0 Å². The molecule has 1 fully saturated rings. The number of halogens is 1. The van der Waals surface area contributed by atoms with E-state index in [0.717, 1.165) is 11.3 Å². The van der Waals surface area contributed by atoms with Crippen LogP contribution >= 0.6 is 11.6 Å². The molecule has 2 rings (SSSR count). The summed E-state index contributed by atoms with van der Waals surface area (Å²) in [5, 5.41) is 0.687. The van der Waals surface area contributed by atoms with Crippen molar-refractivity contribution in [1.29, 1.82) is 0 Å². The van der Waals surface area contributed by atoms with E-state index in [-0.39, 0.29) is 0 Å². The Balaban J connectivity index is 2.42. The highest BCUT2D eigenvalue weighted by Gasteiger charge is 2.22. The molecule has 0 amide bonds. The summed E-state index contributed by atoms with van der Waals surface area (Å²) >= 11 is 6.21. The van der Waals surface area contributed by atoms with Crippen LogP contribution in [0.3, 0.4) is 0 Å². The van der Waals surface area contributed by atoms with Crippen molar-refractivity contribution in [2.24, 2.45) is 5.73 Å². The number of rotatable bonds is 3. The molecule has 0 heterocycles. The third kappa shape index (κ3) is 2.18. The predicted octanol–water partition coefficient (Wildman–Crippen LogP) is 3.46. The van der Waals surface area contributed by atoms with Gasteiger partial charge in [-0.2, -0.15) is 0 Å². The van der Waals surface area contributed by atoms with E-state index in [0.29, 0.717) is 17.5 Å². The number of hydrogen-bond donors (Lipinski definition) is 1. The molecular formula is C13H18ClNO. The van der Waals surface area contributed by atoms with Gasteiger partial charge in [-0.1, -0.05) is 30.5 Å². The van der Waals surface area contributed by atoms with Gasteiger partial charge in [0.05, 0.1) is 12.1 Å². The summed E-state index contributed by atoms with van der Waals surface area (Å²) in [7, 11) is 1.68. The molecule has 1 aliphatic rings. The van der Waals surface area contributed by atoms with Crippen molar-refractivity contribution < 1.29 is 4.74 Å². The van der Waals surface area contributed by atoms with Gasteiger partial charge in [0.15, 0.2) is 0 Å². The van der Waals surface area contributed by atoms with E-state index < -0.39 is 0 Å². The Hall–Kier alpha value is -0.730. The molecule has 0 atom stereocenters. The van der Waals surface area contributed by atoms with Crippen LogP contribution in [-0.2, 0) is 6.54 Å². The maximum Gasteiger partial charge on any atom is 0.140 e. The molecule has 3 heteroatoms. The van der Waals surface area contributed by atoms with Gasteiger partial charge in [-0.25, -0.2) is 0 Å². The zero-order valence-electron chi connectivity index (χ0n) is 9.63. The van der Waals surface area contributed by atoms with Crippen molar-refractivity contribution in [3.8, 4) is 5.75 Å². The molecule has 88 valence electrons. The van der Waals surface area contributed by atoms with Gasteiger partial charge in [-0.05, 0) is 36.0 Å². The summed E-state index contributed by atoms with van der Waals surface area (Å²) in [5.74, 6) is 1.43. The van der Waals surface area contributed by atoms with E-state index in [1.807, 2.05) is 6.07 Å². The highest BCUT2D eigenvalue weighted by Crippen LogP contribution is 2.42. The maximum atomic E-state index is 6.21. The topological polar surface area (TPSA) is 35.2 Å². The minimum atomic E-state index is 0.531. The molecule has 0 aliphatic heterocycles. The van der Waals surface area contributed by atoms with E-state index in [9.17, 15) is 0 Å². The Bertz CT molecular complexity index is 372. The Morgan fingerprint density at radius 1 is 1.38 bits per heavy atom. The van der Waals surface area contributed by atoms with Crippen LogP contribution in [0.1, 0.15) is 42.7 Å². The van der Waals surface area contributed by atoms with Gasteiger partial charge in [0.1, 0.15) is 5.75 Å². The van der Waals surface area contributed by atoms with E-state index >= 15 is 0 Å². The third-order valence-corrected chi connectivity index (χ3v) is 3.65. The summed E-state index contributed by atoms with van der Waals surface area (Å²) in [6.45, 7) is 0.531. The van der Waals surface area contributed by atoms with E-state index in [1.165, 1.54) is 31.2 Å². The predicted molar refractivity (Wildman–Crippen MR) is 67.1 cm³/mol. The Kier molecular flexibility index (Phi) is 3.72. The summed E-state index contributed by atoms with van der Waals surface area (Å²) in [4.78, 5) is 0. The number of nitrogens with two attached hydrogens (primary N) is 1. The van der Waals surface area contributed by atoms with E-state index in [2.05, 4.69) is 6.07 Å². The van der Waals surface area contributed by atoms with Crippen LogP contribution in [0, 0.1) is 0 Å². The first-order chi connectivity index (χ1) is 7.76. The van der Waals surface area contributed by atoms with Crippen LogP contribution < -0.4 is 10.5 Å². The molecule has 0 unspecified atom stereocenters. The first kappa shape index (κ1) is 11.7. The number of benzene rings is 1. The summed E-state index contributed by atoms with van der Waals surface area (Å²) in [6, 6.07) is 4.06. The molecule has 16 heavy (non-hydrogen) atoms. The van der Waals surface area contributed by atoms with Crippen molar-refractivity contribution in [3.05, 3.63) is 28.3 Å². The summed E-state index contributed by atoms with van der Waals surface area (Å²) in [6.07, 6.45) is 5.08. The summed E-state index contributed by atoms with van der Waals surface area (Å²) in [5.41, 5.74) is 8.01. The number of ether oxygens (including phenoxy) is 1. The average molecular weight is 240 g/mol. The van der Waals surface area contributed by atoms with Gasteiger partial charge in [-0.15, -0.1) is 0 Å². The third-order valence-electron chi connectivity index (χ3n) is 3.37. The van der Waals surface area contributed by atoms with Crippen LogP contribution in [0.5, 0.6) is 5.75 Å². The molecule has 0 saturated heterocycles. The summed E-state index contributed by atoms with van der Waals surface area (Å²) < 4.78 is 5.42. The molecule has 0 bridgehead atoms. The van der Waals surface area contributed by atoms with Crippen LogP contribution in [0.25, 0.3) is 0 Å². The van der Waals surface area contributed by atoms with Gasteiger partial charge in [-0.3, -0.25) is 0 Å². The average Bonchev–Trinajstić information content (AvgIpc) is 2.81. The Labute approximate surface area is 102 Å². The second-order valence-corrected chi connectivity index (χ2v) is 4.79. The van der Waals surface area contributed by atoms with Gasteiger partial charge in [0.25, 0.3) is 0 Å². The molecular weight excluding hydrogens is 222 g/mol. The molecule has 2 N–H and O–H groups in total. The van der Waals surface area contributed by atoms with Crippen LogP contribution in [0.15, 0.2) is 12.1 Å². The monoisotopic (exact) mass is 239 g/mol. The lowest BCUT2D eigenvalue weighted by atomic mass is 9.95. The molecule has 2 nitrogen and oxygen atoms in total. The smallest absolute Gasteiger partial charge is 0.140 e. The molecule has 1 aliphatic carbocycles. The molecule has 0 radical (unpaired) electrons. The van der Waals surface area contributed by atoms with Gasteiger partial charge >= 0.3 is 0 Å². The van der Waals surface area contributed by atoms with Crippen molar-refractivity contribution >= 4 is 11.6 Å². The zero-order valence-corrected chi connectivity index (χ0v) is 10.4. The highest BCUT2D eigenvalue weighted by atomic mass is 35.5. The largest absolute Gasteiger partial charge is 0.495 e. The molecule has 1 aromatic carbocycles. The minimum absolute atomic E-state index is 0.531. The lowest BCUT2D eigenvalue weighted by Crippen LogP contribution is -2.03.